The SMILES string of the molecule is CC(C)N(CCO)Cc1ccc(I)cc1. The van der Waals surface area contributed by atoms with Gasteiger partial charge >= 0.3 is 0 Å². The molecule has 0 aliphatic heterocycles. The Hall–Kier alpha value is -0.130. The molecule has 15 heavy (non-hydrogen) atoms. The quantitative estimate of drug-likeness (QED) is 0.843. The van der Waals surface area contributed by atoms with Crippen LogP contribution in [0.25, 0.3) is 0 Å². The second-order valence-corrected chi connectivity index (χ2v) is 5.16. The van der Waals surface area contributed by atoms with Crippen molar-refractivity contribution in [3.8, 4) is 0 Å². The lowest BCUT2D eigenvalue weighted by atomic mass is 10.2. The predicted octanol–water partition coefficient (Wildman–Crippen LogP) is 2.49. The number of halogens is 1. The van der Waals surface area contributed by atoms with E-state index in [0.29, 0.717) is 6.04 Å². The van der Waals surface area contributed by atoms with Crippen LogP contribution >= 0.6 is 22.6 Å². The summed E-state index contributed by atoms with van der Waals surface area (Å²) in [6.45, 7) is 6.19. The minimum Gasteiger partial charge on any atom is -0.395 e. The smallest absolute Gasteiger partial charge is 0.0558 e. The normalized spacial score (nSPS) is 11.3. The van der Waals surface area contributed by atoms with Gasteiger partial charge in [-0.25, -0.2) is 0 Å². The molecule has 0 aromatic heterocycles. The Morgan fingerprint density at radius 3 is 2.33 bits per heavy atom. The van der Waals surface area contributed by atoms with Gasteiger partial charge < -0.3 is 5.11 Å². The number of hydrogen-bond donors (Lipinski definition) is 1. The summed E-state index contributed by atoms with van der Waals surface area (Å²) in [7, 11) is 0. The van der Waals surface area contributed by atoms with E-state index in [1.807, 2.05) is 0 Å². The zero-order chi connectivity index (χ0) is 11.3. The third-order valence-electron chi connectivity index (χ3n) is 2.42. The van der Waals surface area contributed by atoms with Crippen LogP contribution in [0.4, 0.5) is 0 Å². The molecule has 0 aliphatic rings. The standard InChI is InChI=1S/C12H18INO/c1-10(2)14(7-8-15)9-11-3-5-12(13)6-4-11/h3-6,10,15H,7-9H2,1-2H3. The summed E-state index contributed by atoms with van der Waals surface area (Å²) in [5.41, 5.74) is 1.30. The number of hydrogen-bond acceptors (Lipinski definition) is 2. The molecule has 0 saturated carbocycles. The van der Waals surface area contributed by atoms with Crippen LogP contribution in [0.15, 0.2) is 24.3 Å². The second-order valence-electron chi connectivity index (χ2n) is 3.91. The van der Waals surface area contributed by atoms with Gasteiger partial charge in [-0.1, -0.05) is 12.1 Å². The van der Waals surface area contributed by atoms with Crippen molar-refractivity contribution in [3.63, 3.8) is 0 Å². The third-order valence-corrected chi connectivity index (χ3v) is 3.14. The molecule has 1 rings (SSSR count). The zero-order valence-electron chi connectivity index (χ0n) is 9.28. The van der Waals surface area contributed by atoms with Gasteiger partial charge in [-0.2, -0.15) is 0 Å². The first-order valence-corrected chi connectivity index (χ1v) is 6.30. The molecule has 0 aliphatic carbocycles. The minimum absolute atomic E-state index is 0.225. The van der Waals surface area contributed by atoms with Crippen LogP contribution in [-0.2, 0) is 6.54 Å². The van der Waals surface area contributed by atoms with Gasteiger partial charge in [0, 0.05) is 22.7 Å². The fraction of sp³-hybridized carbons (Fsp3) is 0.500. The van der Waals surface area contributed by atoms with E-state index in [-0.39, 0.29) is 6.61 Å². The van der Waals surface area contributed by atoms with Gasteiger partial charge in [0.2, 0.25) is 0 Å². The van der Waals surface area contributed by atoms with E-state index < -0.39 is 0 Å². The van der Waals surface area contributed by atoms with Gasteiger partial charge in [-0.15, -0.1) is 0 Å². The lowest BCUT2D eigenvalue weighted by molar-refractivity contribution is 0.159. The number of benzene rings is 1. The monoisotopic (exact) mass is 319 g/mol. The van der Waals surface area contributed by atoms with Gasteiger partial charge in [0.25, 0.3) is 0 Å². The lowest BCUT2D eigenvalue weighted by Crippen LogP contribution is -2.32. The van der Waals surface area contributed by atoms with Crippen molar-refractivity contribution in [3.05, 3.63) is 33.4 Å². The van der Waals surface area contributed by atoms with Gasteiger partial charge in [0.05, 0.1) is 6.61 Å². The van der Waals surface area contributed by atoms with E-state index in [1.54, 1.807) is 0 Å². The highest BCUT2D eigenvalue weighted by atomic mass is 127. The number of aliphatic hydroxyl groups is 1. The predicted molar refractivity (Wildman–Crippen MR) is 71.8 cm³/mol. The van der Waals surface area contributed by atoms with Crippen LogP contribution in [0.2, 0.25) is 0 Å². The molecule has 0 radical (unpaired) electrons. The summed E-state index contributed by atoms with van der Waals surface area (Å²) in [6.07, 6.45) is 0. The first-order chi connectivity index (χ1) is 7.13. The van der Waals surface area contributed by atoms with Crippen LogP contribution in [-0.4, -0.2) is 29.2 Å². The van der Waals surface area contributed by atoms with E-state index in [2.05, 4.69) is 65.6 Å². The molecule has 0 heterocycles. The van der Waals surface area contributed by atoms with Crippen molar-refractivity contribution >= 4 is 22.6 Å². The summed E-state index contributed by atoms with van der Waals surface area (Å²) in [6, 6.07) is 9.00. The summed E-state index contributed by atoms with van der Waals surface area (Å²) in [5.74, 6) is 0. The van der Waals surface area contributed by atoms with E-state index in [4.69, 9.17) is 5.11 Å². The topological polar surface area (TPSA) is 23.5 Å². The maximum atomic E-state index is 8.96. The van der Waals surface area contributed by atoms with Crippen molar-refractivity contribution in [1.29, 1.82) is 0 Å². The minimum atomic E-state index is 0.225. The molecule has 0 fully saturated rings. The Labute approximate surface area is 105 Å². The van der Waals surface area contributed by atoms with Crippen LogP contribution in [0.3, 0.4) is 0 Å². The summed E-state index contributed by atoms with van der Waals surface area (Å²) in [5, 5.41) is 8.96. The van der Waals surface area contributed by atoms with Crippen molar-refractivity contribution < 1.29 is 5.11 Å². The molecule has 0 bridgehead atoms. The summed E-state index contributed by atoms with van der Waals surface area (Å²) < 4.78 is 1.26. The van der Waals surface area contributed by atoms with Crippen LogP contribution in [0.1, 0.15) is 19.4 Å². The van der Waals surface area contributed by atoms with E-state index >= 15 is 0 Å². The van der Waals surface area contributed by atoms with E-state index in [9.17, 15) is 0 Å². The molecule has 2 nitrogen and oxygen atoms in total. The fourth-order valence-corrected chi connectivity index (χ4v) is 1.83. The molecular weight excluding hydrogens is 301 g/mol. The molecule has 3 heteroatoms. The zero-order valence-corrected chi connectivity index (χ0v) is 11.4. The first kappa shape index (κ1) is 12.9. The highest BCUT2D eigenvalue weighted by molar-refractivity contribution is 14.1. The lowest BCUT2D eigenvalue weighted by Gasteiger charge is -2.25. The average molecular weight is 319 g/mol. The Balaban J connectivity index is 2.61. The Kier molecular flexibility index (Phi) is 5.56. The van der Waals surface area contributed by atoms with Crippen molar-refractivity contribution in [2.24, 2.45) is 0 Å². The number of rotatable bonds is 5. The highest BCUT2D eigenvalue weighted by Gasteiger charge is 2.08. The molecule has 1 aromatic carbocycles. The first-order valence-electron chi connectivity index (χ1n) is 5.23. The molecule has 84 valence electrons. The van der Waals surface area contributed by atoms with Gasteiger partial charge in [0.1, 0.15) is 0 Å². The van der Waals surface area contributed by atoms with Crippen LogP contribution < -0.4 is 0 Å². The number of aliphatic hydroxyl groups excluding tert-OH is 1. The summed E-state index contributed by atoms with van der Waals surface area (Å²) >= 11 is 2.31. The molecule has 1 aromatic rings. The second kappa shape index (κ2) is 6.45. The van der Waals surface area contributed by atoms with Crippen LogP contribution in [0.5, 0.6) is 0 Å². The van der Waals surface area contributed by atoms with Gasteiger partial charge in [-0.05, 0) is 54.1 Å². The molecule has 0 atom stereocenters. The highest BCUT2D eigenvalue weighted by Crippen LogP contribution is 2.10. The van der Waals surface area contributed by atoms with Gasteiger partial charge in [0.15, 0.2) is 0 Å². The largest absolute Gasteiger partial charge is 0.395 e. The Bertz CT molecular complexity index is 284. The Morgan fingerprint density at radius 2 is 1.87 bits per heavy atom. The molecular formula is C12H18INO. The fourth-order valence-electron chi connectivity index (χ4n) is 1.47. The molecule has 0 unspecified atom stereocenters. The molecule has 0 spiro atoms. The maximum Gasteiger partial charge on any atom is 0.0558 e. The average Bonchev–Trinajstić information content (AvgIpc) is 2.20. The summed E-state index contributed by atoms with van der Waals surface area (Å²) in [4.78, 5) is 2.27. The van der Waals surface area contributed by atoms with Crippen LogP contribution in [0, 0.1) is 3.57 Å². The Morgan fingerprint density at radius 1 is 1.27 bits per heavy atom. The molecule has 1 N–H and O–H groups in total. The number of nitrogens with zero attached hydrogens (tertiary/aromatic N) is 1. The van der Waals surface area contributed by atoms with Crippen molar-refractivity contribution in [2.75, 3.05) is 13.2 Å². The molecule has 0 amide bonds. The van der Waals surface area contributed by atoms with E-state index in [0.717, 1.165) is 13.1 Å². The van der Waals surface area contributed by atoms with Crippen molar-refractivity contribution in [1.82, 2.24) is 4.90 Å². The maximum absolute atomic E-state index is 8.96. The van der Waals surface area contributed by atoms with Crippen molar-refractivity contribution in [2.45, 2.75) is 26.4 Å². The van der Waals surface area contributed by atoms with E-state index in [1.165, 1.54) is 9.13 Å². The van der Waals surface area contributed by atoms with Gasteiger partial charge in [-0.3, -0.25) is 4.90 Å². The third kappa shape index (κ3) is 4.49. The molecule has 0 saturated heterocycles.